The molecule has 0 aliphatic rings. The molecule has 2 rings (SSSR count). The lowest BCUT2D eigenvalue weighted by molar-refractivity contribution is -0.146. The minimum Gasteiger partial charge on any atom is -0.461 e. The zero-order valence-electron chi connectivity index (χ0n) is 33.9. The van der Waals surface area contributed by atoms with Gasteiger partial charge in [-0.05, 0) is 100 Å². The van der Waals surface area contributed by atoms with Crippen molar-refractivity contribution in [2.45, 2.75) is 169 Å². The van der Waals surface area contributed by atoms with E-state index in [9.17, 15) is 9.59 Å². The van der Waals surface area contributed by atoms with Gasteiger partial charge in [0.05, 0.1) is 0 Å². The molecular formula is C46H76N2O4. The van der Waals surface area contributed by atoms with Crippen LogP contribution in [0, 0.1) is 0 Å². The molecule has 0 fully saturated rings. The summed E-state index contributed by atoms with van der Waals surface area (Å²) in [7, 11) is 0. The van der Waals surface area contributed by atoms with E-state index in [1.54, 1.807) is 0 Å². The number of unbranched alkanes of at least 4 members (excludes halogenated alkanes) is 12. The van der Waals surface area contributed by atoms with E-state index in [0.29, 0.717) is 12.8 Å². The fourth-order valence-electron chi connectivity index (χ4n) is 6.89. The molecule has 0 heterocycles. The Bertz CT molecular complexity index is 1070. The van der Waals surface area contributed by atoms with Crippen LogP contribution in [0.5, 0.6) is 0 Å². The molecule has 0 bridgehead atoms. The summed E-state index contributed by atoms with van der Waals surface area (Å²) in [5.41, 5.74) is 3.94. The zero-order valence-corrected chi connectivity index (χ0v) is 33.9. The van der Waals surface area contributed by atoms with E-state index in [1.807, 2.05) is 36.4 Å². The number of carbonyl (C=O) groups is 2. The first kappa shape index (κ1) is 45.5. The van der Waals surface area contributed by atoms with Crippen molar-refractivity contribution in [1.82, 2.24) is 9.80 Å². The maximum atomic E-state index is 12.9. The molecule has 0 saturated carbocycles. The van der Waals surface area contributed by atoms with Crippen molar-refractivity contribution in [2.24, 2.45) is 0 Å². The van der Waals surface area contributed by atoms with Crippen molar-refractivity contribution in [3.05, 3.63) is 59.7 Å². The van der Waals surface area contributed by atoms with Crippen LogP contribution in [0.1, 0.15) is 167 Å². The number of esters is 2. The molecule has 52 heavy (non-hydrogen) atoms. The largest absolute Gasteiger partial charge is 0.461 e. The van der Waals surface area contributed by atoms with Gasteiger partial charge >= 0.3 is 11.9 Å². The standard InChI is InChI=1S/C46H76N2O4/c1-5-9-13-21-33-47(34-22-14-10-6-2)37-25-31-45(49)51-39-41-27-17-19-29-43(41)44-30-20-18-28-42(44)40-52-46(50)32-26-38-48(35-23-15-11-7-3)36-24-16-12-8-4/h17-20,27-30H,5-16,21-26,31-40H2,1-4H3. The monoisotopic (exact) mass is 721 g/mol. The van der Waals surface area contributed by atoms with Gasteiger partial charge in [0.25, 0.3) is 0 Å². The summed E-state index contributed by atoms with van der Waals surface area (Å²) >= 11 is 0. The maximum Gasteiger partial charge on any atom is 0.306 e. The van der Waals surface area contributed by atoms with E-state index in [4.69, 9.17) is 9.47 Å². The third-order valence-electron chi connectivity index (χ3n) is 10.1. The highest BCUT2D eigenvalue weighted by Crippen LogP contribution is 2.28. The summed E-state index contributed by atoms with van der Waals surface area (Å²) in [4.78, 5) is 30.9. The highest BCUT2D eigenvalue weighted by Gasteiger charge is 2.14. The predicted molar refractivity (Wildman–Crippen MR) is 219 cm³/mol. The number of carbonyl (C=O) groups excluding carboxylic acids is 2. The number of rotatable bonds is 33. The van der Waals surface area contributed by atoms with Crippen molar-refractivity contribution in [2.75, 3.05) is 39.3 Å². The highest BCUT2D eigenvalue weighted by molar-refractivity contribution is 5.73. The van der Waals surface area contributed by atoms with E-state index in [-0.39, 0.29) is 25.2 Å². The van der Waals surface area contributed by atoms with Crippen LogP contribution in [-0.4, -0.2) is 61.0 Å². The van der Waals surface area contributed by atoms with Gasteiger partial charge in [-0.25, -0.2) is 0 Å². The second-order valence-corrected chi connectivity index (χ2v) is 14.8. The minimum absolute atomic E-state index is 0.144. The predicted octanol–water partition coefficient (Wildman–Crippen LogP) is 11.9. The smallest absolute Gasteiger partial charge is 0.306 e. The zero-order chi connectivity index (χ0) is 37.5. The van der Waals surface area contributed by atoms with Crippen molar-refractivity contribution >= 4 is 11.9 Å². The molecule has 0 radical (unpaired) electrons. The SMILES string of the molecule is CCCCCCN(CCCCCC)CCCC(=O)OCc1ccccc1-c1ccccc1COC(=O)CCCN(CCCCCC)CCCCCC. The average molecular weight is 721 g/mol. The quantitative estimate of drug-likeness (QED) is 0.0540. The first-order valence-electron chi connectivity index (χ1n) is 21.4. The third-order valence-corrected chi connectivity index (χ3v) is 10.1. The molecule has 2 aromatic rings. The molecule has 0 aromatic heterocycles. The van der Waals surface area contributed by atoms with Gasteiger partial charge in [-0.1, -0.05) is 153 Å². The fraction of sp³-hybridized carbons (Fsp3) is 0.696. The summed E-state index contributed by atoms with van der Waals surface area (Å²) in [6.07, 6.45) is 22.8. The lowest BCUT2D eigenvalue weighted by Gasteiger charge is -2.22. The van der Waals surface area contributed by atoms with Crippen molar-refractivity contribution in [3.8, 4) is 11.1 Å². The molecule has 294 valence electrons. The molecule has 0 aliphatic carbocycles. The molecule has 0 aliphatic heterocycles. The number of hydrogen-bond donors (Lipinski definition) is 0. The lowest BCUT2D eigenvalue weighted by Crippen LogP contribution is -2.28. The summed E-state index contributed by atoms with van der Waals surface area (Å²) in [5, 5.41) is 0. The molecule has 0 N–H and O–H groups in total. The van der Waals surface area contributed by atoms with E-state index in [2.05, 4.69) is 49.6 Å². The third kappa shape index (κ3) is 21.1. The van der Waals surface area contributed by atoms with Crippen LogP contribution in [-0.2, 0) is 32.3 Å². The molecule has 6 heteroatoms. The van der Waals surface area contributed by atoms with Gasteiger partial charge in [0, 0.05) is 12.8 Å². The Labute approximate surface area is 319 Å². The number of benzene rings is 2. The van der Waals surface area contributed by atoms with E-state index < -0.39 is 0 Å². The Hall–Kier alpha value is -2.70. The fourth-order valence-corrected chi connectivity index (χ4v) is 6.89. The average Bonchev–Trinajstić information content (AvgIpc) is 3.16. The van der Waals surface area contributed by atoms with Gasteiger partial charge in [0.2, 0.25) is 0 Å². The molecule has 0 atom stereocenters. The first-order valence-corrected chi connectivity index (χ1v) is 21.4. The Morgan fingerprint density at radius 2 is 0.731 bits per heavy atom. The number of hydrogen-bond acceptors (Lipinski definition) is 6. The van der Waals surface area contributed by atoms with Gasteiger partial charge in [-0.15, -0.1) is 0 Å². The van der Waals surface area contributed by atoms with Gasteiger partial charge in [-0.3, -0.25) is 9.59 Å². The van der Waals surface area contributed by atoms with Crippen LogP contribution in [0.4, 0.5) is 0 Å². The van der Waals surface area contributed by atoms with Crippen molar-refractivity contribution in [1.29, 1.82) is 0 Å². The van der Waals surface area contributed by atoms with Crippen LogP contribution in [0.2, 0.25) is 0 Å². The molecule has 0 spiro atoms. The summed E-state index contributed by atoms with van der Waals surface area (Å²) in [5.74, 6) is -0.288. The van der Waals surface area contributed by atoms with Crippen LogP contribution in [0.3, 0.4) is 0 Å². The van der Waals surface area contributed by atoms with E-state index in [0.717, 1.165) is 74.4 Å². The maximum absolute atomic E-state index is 12.9. The highest BCUT2D eigenvalue weighted by atomic mass is 16.5. The summed E-state index contributed by atoms with van der Waals surface area (Å²) in [6, 6.07) is 16.2. The number of nitrogens with zero attached hydrogens (tertiary/aromatic N) is 2. The Morgan fingerprint density at radius 3 is 1.06 bits per heavy atom. The van der Waals surface area contributed by atoms with Crippen LogP contribution >= 0.6 is 0 Å². The minimum atomic E-state index is -0.144. The molecule has 0 saturated heterocycles. The van der Waals surface area contributed by atoms with E-state index >= 15 is 0 Å². The molecular weight excluding hydrogens is 645 g/mol. The Balaban J connectivity index is 1.87. The lowest BCUT2D eigenvalue weighted by atomic mass is 9.96. The van der Waals surface area contributed by atoms with Crippen molar-refractivity contribution < 1.29 is 19.1 Å². The van der Waals surface area contributed by atoms with E-state index in [1.165, 1.54) is 103 Å². The van der Waals surface area contributed by atoms with Gasteiger partial charge < -0.3 is 19.3 Å². The van der Waals surface area contributed by atoms with Crippen LogP contribution < -0.4 is 0 Å². The molecule has 0 unspecified atom stereocenters. The second-order valence-electron chi connectivity index (χ2n) is 14.8. The van der Waals surface area contributed by atoms with Gasteiger partial charge in [-0.2, -0.15) is 0 Å². The van der Waals surface area contributed by atoms with Gasteiger partial charge in [0.1, 0.15) is 13.2 Å². The number of ether oxygens (including phenoxy) is 2. The Kier molecular flexibility index (Phi) is 26.9. The van der Waals surface area contributed by atoms with Gasteiger partial charge in [0.15, 0.2) is 0 Å². The van der Waals surface area contributed by atoms with Crippen molar-refractivity contribution in [3.63, 3.8) is 0 Å². The van der Waals surface area contributed by atoms with Crippen LogP contribution in [0.15, 0.2) is 48.5 Å². The Morgan fingerprint density at radius 1 is 0.423 bits per heavy atom. The summed E-state index contributed by atoms with van der Waals surface area (Å²) < 4.78 is 11.7. The normalized spacial score (nSPS) is 11.4. The topological polar surface area (TPSA) is 59.1 Å². The molecule has 6 nitrogen and oxygen atoms in total. The second kappa shape index (κ2) is 30.7. The molecule has 2 aromatic carbocycles. The summed E-state index contributed by atoms with van der Waals surface area (Å²) in [6.45, 7) is 15.9. The first-order chi connectivity index (χ1) is 25.5. The van der Waals surface area contributed by atoms with Crippen LogP contribution in [0.25, 0.3) is 11.1 Å². The molecule has 0 amide bonds.